The molecule has 57 heavy (non-hydrogen) atoms. The third kappa shape index (κ3) is 11.2. The highest BCUT2D eigenvalue weighted by molar-refractivity contribution is 5.78. The van der Waals surface area contributed by atoms with Gasteiger partial charge < -0.3 is 75.2 Å². The Morgan fingerprint density at radius 3 is 2.19 bits per heavy atom. The van der Waals surface area contributed by atoms with Crippen LogP contribution in [0.4, 0.5) is 0 Å². The van der Waals surface area contributed by atoms with E-state index in [9.17, 15) is 50.4 Å². The summed E-state index contributed by atoms with van der Waals surface area (Å²) in [7, 11) is 1.47. The van der Waals surface area contributed by atoms with Crippen molar-refractivity contribution >= 4 is 11.9 Å². The summed E-state index contributed by atoms with van der Waals surface area (Å²) in [5, 5.41) is 90.3. The highest BCUT2D eigenvalue weighted by atomic mass is 16.7. The van der Waals surface area contributed by atoms with Gasteiger partial charge in [-0.1, -0.05) is 54.6 Å². The molecule has 17 nitrogen and oxygen atoms in total. The minimum atomic E-state index is -2.74. The second kappa shape index (κ2) is 20.4. The molecular formula is C40H52N2O15. The second-order valence-electron chi connectivity index (χ2n) is 14.1. The first-order chi connectivity index (χ1) is 27.3. The van der Waals surface area contributed by atoms with Crippen LogP contribution in [0.25, 0.3) is 11.1 Å². The van der Waals surface area contributed by atoms with E-state index in [4.69, 9.17) is 23.7 Å². The molecule has 10 N–H and O–H groups in total. The molecule has 0 aliphatic carbocycles. The number of ether oxygens (including phenoxy) is 5. The van der Waals surface area contributed by atoms with Gasteiger partial charge in [-0.15, -0.1) is 0 Å². The van der Waals surface area contributed by atoms with Gasteiger partial charge in [0.2, 0.25) is 12.2 Å². The zero-order valence-corrected chi connectivity index (χ0v) is 31.4. The number of nitrogens with one attached hydrogen (secondary N) is 2. The van der Waals surface area contributed by atoms with E-state index in [1.54, 1.807) is 12.1 Å². The zero-order chi connectivity index (χ0) is 41.1. The van der Waals surface area contributed by atoms with E-state index in [0.717, 1.165) is 30.4 Å². The van der Waals surface area contributed by atoms with E-state index in [0.29, 0.717) is 12.3 Å². The number of unbranched alkanes of at least 4 members (excludes halogenated alkanes) is 1. The minimum Gasteiger partial charge on any atom is -0.497 e. The smallest absolute Gasteiger partial charge is 0.364 e. The summed E-state index contributed by atoms with van der Waals surface area (Å²) < 4.78 is 27.9. The highest BCUT2D eigenvalue weighted by Gasteiger charge is 2.57. The van der Waals surface area contributed by atoms with Crippen LogP contribution in [-0.2, 0) is 30.2 Å². The Bertz CT molecular complexity index is 1700. The lowest BCUT2D eigenvalue weighted by molar-refractivity contribution is -0.331. The average molecular weight is 801 g/mol. The summed E-state index contributed by atoms with van der Waals surface area (Å²) >= 11 is 0. The lowest BCUT2D eigenvalue weighted by atomic mass is 9.88. The number of carboxylic acids is 1. The maximum Gasteiger partial charge on any atom is 0.364 e. The molecule has 2 aliphatic rings. The SMILES string of the molecule is COc1ccc(O[C@@H]2O[C@H](CO[C@]3(C(=O)O)C[C@H](O)[C@@H](NC(=O)CO)[C@H]([C@H](O)[C@H](O)CNCCCCc4ccc(-c5ccccc5)cc4)O3)[C@H](O)[C@H](O)[C@H]2O)cc1. The summed E-state index contributed by atoms with van der Waals surface area (Å²) in [6.45, 7) is -1.52. The van der Waals surface area contributed by atoms with Gasteiger partial charge in [0.25, 0.3) is 5.79 Å². The fourth-order valence-corrected chi connectivity index (χ4v) is 6.77. The van der Waals surface area contributed by atoms with Crippen LogP contribution in [0.3, 0.4) is 0 Å². The van der Waals surface area contributed by atoms with Crippen molar-refractivity contribution in [1.82, 2.24) is 10.6 Å². The predicted molar refractivity (Wildman–Crippen MR) is 201 cm³/mol. The van der Waals surface area contributed by atoms with Gasteiger partial charge >= 0.3 is 5.97 Å². The van der Waals surface area contributed by atoms with Gasteiger partial charge in [0.1, 0.15) is 54.7 Å². The number of aliphatic hydroxyl groups is 7. The van der Waals surface area contributed by atoms with Crippen molar-refractivity contribution in [3.05, 3.63) is 84.4 Å². The van der Waals surface area contributed by atoms with E-state index in [2.05, 4.69) is 34.9 Å². The van der Waals surface area contributed by atoms with E-state index in [1.165, 1.54) is 24.8 Å². The Morgan fingerprint density at radius 1 is 0.877 bits per heavy atom. The molecule has 312 valence electrons. The molecule has 0 aromatic heterocycles. The maximum atomic E-state index is 12.8. The van der Waals surface area contributed by atoms with Gasteiger partial charge in [-0.2, -0.15) is 0 Å². The molecule has 17 heteroatoms. The molecule has 2 heterocycles. The lowest BCUT2D eigenvalue weighted by Gasteiger charge is -2.47. The number of carbonyl (C=O) groups excluding carboxylic acids is 1. The number of rotatable bonds is 19. The topological polar surface area (TPSA) is 266 Å². The third-order valence-corrected chi connectivity index (χ3v) is 10.0. The molecule has 3 aromatic carbocycles. The molecule has 0 unspecified atom stereocenters. The number of hydrogen-bond donors (Lipinski definition) is 10. The second-order valence-corrected chi connectivity index (χ2v) is 14.1. The van der Waals surface area contributed by atoms with Gasteiger partial charge in [0, 0.05) is 13.0 Å². The number of aryl methyl sites for hydroxylation is 1. The van der Waals surface area contributed by atoms with Crippen LogP contribution >= 0.6 is 0 Å². The van der Waals surface area contributed by atoms with Crippen LogP contribution in [0, 0.1) is 0 Å². The van der Waals surface area contributed by atoms with Gasteiger partial charge in [0.05, 0.1) is 32.0 Å². The van der Waals surface area contributed by atoms with Crippen molar-refractivity contribution in [2.75, 3.05) is 33.4 Å². The molecular weight excluding hydrogens is 748 g/mol. The Kier molecular flexibility index (Phi) is 15.7. The van der Waals surface area contributed by atoms with Gasteiger partial charge in [0.15, 0.2) is 0 Å². The van der Waals surface area contributed by atoms with Crippen molar-refractivity contribution in [3.8, 4) is 22.6 Å². The quantitative estimate of drug-likeness (QED) is 0.0673. The Morgan fingerprint density at radius 2 is 1.54 bits per heavy atom. The van der Waals surface area contributed by atoms with Crippen LogP contribution in [0.1, 0.15) is 24.8 Å². The van der Waals surface area contributed by atoms with Crippen LogP contribution in [0.15, 0.2) is 78.9 Å². The van der Waals surface area contributed by atoms with E-state index >= 15 is 0 Å². The first-order valence-corrected chi connectivity index (χ1v) is 18.7. The number of carbonyl (C=O) groups is 2. The Hall–Kier alpha value is -4.24. The normalized spacial score (nSPS) is 28.6. The summed E-state index contributed by atoms with van der Waals surface area (Å²) in [5.41, 5.74) is 3.42. The number of methoxy groups -OCH3 is 1. The lowest BCUT2D eigenvalue weighted by Crippen LogP contribution is -2.69. The van der Waals surface area contributed by atoms with E-state index in [-0.39, 0.29) is 12.3 Å². The van der Waals surface area contributed by atoms with Gasteiger partial charge in [-0.05, 0) is 66.8 Å². The fraction of sp³-hybridized carbons (Fsp3) is 0.500. The van der Waals surface area contributed by atoms with Crippen LogP contribution in [-0.4, -0.2) is 153 Å². The number of aliphatic carboxylic acids is 1. The Labute approximate surface area is 329 Å². The molecule has 11 atom stereocenters. The number of carboxylic acid groups (broad SMARTS) is 1. The molecule has 1 amide bonds. The standard InChI is InChI=1S/C40H52N2O15/c1-53-26-14-16-27(17-15-26)55-38-36(50)35(49)34(48)30(56-38)22-54-40(39(51)52)19-28(44)32(42-31(46)21-43)37(57-40)33(47)29(45)20-41-18-6-5-7-23-10-12-25(13-11-23)24-8-3-2-4-9-24/h2-4,8-17,28-30,32-38,41,43-45,47-50H,5-7,18-22H2,1H3,(H,42,46)(H,51,52)/t28-,29+,30+,32+,33+,34-,35-,36+,37+,38+,40+/m0/s1. The van der Waals surface area contributed by atoms with Crippen molar-refractivity contribution in [1.29, 1.82) is 0 Å². The summed E-state index contributed by atoms with van der Waals surface area (Å²) in [6.07, 6.45) is -13.9. The molecule has 0 saturated carbocycles. The van der Waals surface area contributed by atoms with Crippen LogP contribution in [0.2, 0.25) is 0 Å². The molecule has 3 aromatic rings. The largest absolute Gasteiger partial charge is 0.497 e. The highest BCUT2D eigenvalue weighted by Crippen LogP contribution is 2.35. The monoisotopic (exact) mass is 800 g/mol. The number of benzene rings is 3. The van der Waals surface area contributed by atoms with Crippen LogP contribution in [0.5, 0.6) is 11.5 Å². The molecule has 2 saturated heterocycles. The first-order valence-electron chi connectivity index (χ1n) is 18.7. The first kappa shape index (κ1) is 43.9. The number of aliphatic hydroxyl groups excluding tert-OH is 7. The molecule has 0 spiro atoms. The third-order valence-electron chi connectivity index (χ3n) is 10.0. The Balaban J connectivity index is 1.19. The molecule has 0 radical (unpaired) electrons. The maximum absolute atomic E-state index is 12.8. The zero-order valence-electron chi connectivity index (χ0n) is 31.4. The average Bonchev–Trinajstić information content (AvgIpc) is 3.22. The van der Waals surface area contributed by atoms with Crippen molar-refractivity contribution in [2.45, 2.75) is 92.6 Å². The van der Waals surface area contributed by atoms with Gasteiger partial charge in [-0.25, -0.2) is 4.79 Å². The molecule has 2 aliphatic heterocycles. The van der Waals surface area contributed by atoms with Crippen molar-refractivity contribution in [3.63, 3.8) is 0 Å². The molecule has 0 bridgehead atoms. The summed E-state index contributed by atoms with van der Waals surface area (Å²) in [5.74, 6) is -4.77. The minimum absolute atomic E-state index is 0.178. The summed E-state index contributed by atoms with van der Waals surface area (Å²) in [4.78, 5) is 25.0. The van der Waals surface area contributed by atoms with Crippen molar-refractivity contribution < 1.29 is 74.1 Å². The van der Waals surface area contributed by atoms with E-state index in [1.807, 2.05) is 30.3 Å². The fourth-order valence-electron chi connectivity index (χ4n) is 6.77. The van der Waals surface area contributed by atoms with Crippen molar-refractivity contribution in [2.24, 2.45) is 0 Å². The summed E-state index contributed by atoms with van der Waals surface area (Å²) in [6, 6.07) is 23.0. The van der Waals surface area contributed by atoms with E-state index < -0.39 is 98.5 Å². The molecule has 2 fully saturated rings. The van der Waals surface area contributed by atoms with Crippen LogP contribution < -0.4 is 20.1 Å². The predicted octanol–water partition coefficient (Wildman–Crippen LogP) is -0.693. The van der Waals surface area contributed by atoms with Gasteiger partial charge in [-0.3, -0.25) is 4.79 Å². The number of hydrogen-bond acceptors (Lipinski definition) is 15. The number of amides is 1. The molecule has 5 rings (SSSR count).